The van der Waals surface area contributed by atoms with E-state index in [9.17, 15) is 0 Å². The first-order valence-electron chi connectivity index (χ1n) is 11.9. The molecule has 0 aliphatic carbocycles. The quantitative estimate of drug-likeness (QED) is 0.385. The summed E-state index contributed by atoms with van der Waals surface area (Å²) in [6.45, 7) is 16.5. The van der Waals surface area contributed by atoms with Crippen LogP contribution < -0.4 is 16.2 Å². The summed E-state index contributed by atoms with van der Waals surface area (Å²) in [4.78, 5) is 9.36. The van der Waals surface area contributed by atoms with Gasteiger partial charge in [0.15, 0.2) is 8.32 Å². The summed E-state index contributed by atoms with van der Waals surface area (Å²) in [6, 6.07) is 5.95. The lowest BCUT2D eigenvalue weighted by Gasteiger charge is -2.39. The molecular formula is C26H37N7OSi. The molecule has 186 valence electrons. The average molecular weight is 492 g/mol. The van der Waals surface area contributed by atoms with Crippen LogP contribution in [-0.2, 0) is 11.5 Å². The highest BCUT2D eigenvalue weighted by Crippen LogP contribution is 2.39. The van der Waals surface area contributed by atoms with E-state index in [-0.39, 0.29) is 10.5 Å². The van der Waals surface area contributed by atoms with Crippen LogP contribution in [0.2, 0.25) is 18.1 Å². The van der Waals surface area contributed by atoms with Crippen molar-refractivity contribution in [3.8, 4) is 11.1 Å². The summed E-state index contributed by atoms with van der Waals surface area (Å²) in [5, 5.41) is 7.83. The molecule has 8 nitrogen and oxygen atoms in total. The van der Waals surface area contributed by atoms with Crippen molar-refractivity contribution in [1.29, 1.82) is 0 Å². The Hall–Kier alpha value is -3.17. The third-order valence-electron chi connectivity index (χ3n) is 6.95. The fraction of sp³-hybridized carbons (Fsp3) is 0.423. The second-order valence-corrected chi connectivity index (χ2v) is 16.2. The zero-order valence-electron chi connectivity index (χ0n) is 22.0. The highest BCUT2D eigenvalue weighted by Gasteiger charge is 2.39. The van der Waals surface area contributed by atoms with E-state index in [1.54, 1.807) is 4.68 Å². The van der Waals surface area contributed by atoms with Gasteiger partial charge in [-0.1, -0.05) is 34.6 Å². The number of hydrogen-bond acceptors (Lipinski definition) is 7. The van der Waals surface area contributed by atoms with Crippen molar-refractivity contribution in [2.45, 2.75) is 52.8 Å². The molecule has 0 saturated heterocycles. The van der Waals surface area contributed by atoms with Crippen molar-refractivity contribution >= 4 is 25.2 Å². The lowest BCUT2D eigenvalue weighted by atomic mass is 9.85. The fourth-order valence-corrected chi connectivity index (χ4v) is 4.64. The van der Waals surface area contributed by atoms with Gasteiger partial charge in [0.25, 0.3) is 0 Å². The Kier molecular flexibility index (Phi) is 6.50. The second kappa shape index (κ2) is 9.12. The number of rotatable bonds is 7. The number of aryl methyl sites for hydroxylation is 1. The molecule has 4 heterocycles. The lowest BCUT2D eigenvalue weighted by Crippen LogP contribution is -2.44. The smallest absolute Gasteiger partial charge is 0.192 e. The minimum atomic E-state index is -1.83. The minimum Gasteiger partial charge on any atom is -0.416 e. The number of hydrogen-bond donors (Lipinski definition) is 3. The van der Waals surface area contributed by atoms with E-state index < -0.39 is 8.32 Å². The second-order valence-electron chi connectivity index (χ2n) is 11.3. The lowest BCUT2D eigenvalue weighted by molar-refractivity contribution is 0.195. The van der Waals surface area contributed by atoms with Gasteiger partial charge in [-0.05, 0) is 48.0 Å². The molecule has 3 N–H and O–H groups in total. The van der Waals surface area contributed by atoms with Gasteiger partial charge < -0.3 is 15.2 Å². The highest BCUT2D eigenvalue weighted by molar-refractivity contribution is 6.74. The van der Waals surface area contributed by atoms with Crippen molar-refractivity contribution in [1.82, 2.24) is 30.6 Å². The molecule has 0 saturated carbocycles. The summed E-state index contributed by atoms with van der Waals surface area (Å²) < 4.78 is 8.32. The predicted octanol–water partition coefficient (Wildman–Crippen LogP) is 5.32. The van der Waals surface area contributed by atoms with E-state index in [0.29, 0.717) is 6.61 Å². The van der Waals surface area contributed by atoms with Gasteiger partial charge in [-0.2, -0.15) is 5.10 Å². The molecule has 4 rings (SSSR count). The fourth-order valence-electron chi connectivity index (χ4n) is 3.49. The van der Waals surface area contributed by atoms with Crippen LogP contribution in [-0.4, -0.2) is 34.7 Å². The van der Waals surface area contributed by atoms with Gasteiger partial charge in [0, 0.05) is 48.8 Å². The van der Waals surface area contributed by atoms with Crippen molar-refractivity contribution in [3.05, 3.63) is 60.5 Å². The summed E-state index contributed by atoms with van der Waals surface area (Å²) in [6.07, 6.45) is 9.77. The monoisotopic (exact) mass is 491 g/mol. The van der Waals surface area contributed by atoms with Crippen LogP contribution in [0.3, 0.4) is 0 Å². The number of aromatic nitrogens is 4. The molecule has 0 spiro atoms. The molecule has 35 heavy (non-hydrogen) atoms. The van der Waals surface area contributed by atoms with Crippen LogP contribution in [0.25, 0.3) is 22.2 Å². The Labute approximate surface area is 209 Å². The van der Waals surface area contributed by atoms with Gasteiger partial charge in [0.2, 0.25) is 0 Å². The highest BCUT2D eigenvalue weighted by atomic mass is 28.4. The molecule has 1 aliphatic rings. The Bertz CT molecular complexity index is 1280. The molecule has 0 unspecified atom stereocenters. The number of nitrogens with zero attached hydrogens (tertiary/aromatic N) is 4. The van der Waals surface area contributed by atoms with Gasteiger partial charge in [0.1, 0.15) is 11.6 Å². The number of allylic oxidation sites excluding steroid dienone is 1. The molecule has 9 heteroatoms. The molecule has 0 atom stereocenters. The number of anilines is 1. The van der Waals surface area contributed by atoms with Crippen LogP contribution in [0.5, 0.6) is 0 Å². The SMILES string of the molecule is Cn1cc(-c2cnc3ccc(NC4=CC(C(C)(C)CO[Si](C)(C)C(C)(C)C)=CNN4)nc3c2)cn1. The summed E-state index contributed by atoms with van der Waals surface area (Å²) in [5.41, 5.74) is 11.0. The summed E-state index contributed by atoms with van der Waals surface area (Å²) in [7, 11) is 0.0725. The van der Waals surface area contributed by atoms with Gasteiger partial charge in [0.05, 0.1) is 17.2 Å². The third-order valence-corrected chi connectivity index (χ3v) is 11.4. The van der Waals surface area contributed by atoms with Crippen molar-refractivity contribution in [3.63, 3.8) is 0 Å². The largest absolute Gasteiger partial charge is 0.416 e. The number of fused-ring (bicyclic) bond motifs is 1. The van der Waals surface area contributed by atoms with E-state index in [1.165, 1.54) is 0 Å². The first-order valence-corrected chi connectivity index (χ1v) is 14.9. The van der Waals surface area contributed by atoms with Gasteiger partial charge in [-0.3, -0.25) is 15.1 Å². The summed E-state index contributed by atoms with van der Waals surface area (Å²) in [5.74, 6) is 1.56. The zero-order valence-corrected chi connectivity index (χ0v) is 23.0. The zero-order chi connectivity index (χ0) is 25.4. The molecular weight excluding hydrogens is 454 g/mol. The predicted molar refractivity (Wildman–Crippen MR) is 145 cm³/mol. The molecule has 3 aromatic heterocycles. The molecule has 0 aromatic carbocycles. The van der Waals surface area contributed by atoms with E-state index in [2.05, 4.69) is 80.0 Å². The molecule has 1 aliphatic heterocycles. The van der Waals surface area contributed by atoms with E-state index in [0.717, 1.165) is 39.4 Å². The van der Waals surface area contributed by atoms with Gasteiger partial charge >= 0.3 is 0 Å². The molecule has 0 radical (unpaired) electrons. The molecule has 0 bridgehead atoms. The maximum absolute atomic E-state index is 6.54. The number of hydrazine groups is 1. The van der Waals surface area contributed by atoms with Crippen molar-refractivity contribution in [2.24, 2.45) is 12.5 Å². The van der Waals surface area contributed by atoms with Gasteiger partial charge in [-0.25, -0.2) is 4.98 Å². The van der Waals surface area contributed by atoms with Crippen LogP contribution in [0.15, 0.2) is 60.5 Å². The molecule has 0 amide bonds. The Morgan fingerprint density at radius 1 is 1.06 bits per heavy atom. The Morgan fingerprint density at radius 2 is 1.83 bits per heavy atom. The molecule has 0 fully saturated rings. The van der Waals surface area contributed by atoms with Crippen LogP contribution in [0.1, 0.15) is 34.6 Å². The Morgan fingerprint density at radius 3 is 2.51 bits per heavy atom. The van der Waals surface area contributed by atoms with Crippen LogP contribution in [0, 0.1) is 5.41 Å². The molecule has 3 aromatic rings. The first kappa shape index (κ1) is 24.9. The third kappa shape index (κ3) is 5.57. The van der Waals surface area contributed by atoms with Crippen molar-refractivity contribution < 1.29 is 4.43 Å². The topological polar surface area (TPSA) is 88.9 Å². The van der Waals surface area contributed by atoms with Crippen LogP contribution in [0.4, 0.5) is 5.82 Å². The van der Waals surface area contributed by atoms with E-state index in [4.69, 9.17) is 9.41 Å². The van der Waals surface area contributed by atoms with Crippen molar-refractivity contribution in [2.75, 3.05) is 11.9 Å². The maximum Gasteiger partial charge on any atom is 0.192 e. The first-order chi connectivity index (χ1) is 16.3. The van der Waals surface area contributed by atoms with E-state index in [1.807, 2.05) is 50.0 Å². The number of pyridine rings is 2. The maximum atomic E-state index is 6.54. The Balaban J connectivity index is 1.51. The van der Waals surface area contributed by atoms with Crippen LogP contribution >= 0.6 is 0 Å². The average Bonchev–Trinajstić information content (AvgIpc) is 3.23. The standard InChI is InChI=1S/C26H37N7OSi/c1-25(2,3)35(7,8)34-17-26(4,5)20-12-24(32-28-15-20)31-23-10-9-21-22(30-23)11-18(13-27-21)19-14-29-33(6)16-19/h9-16,28,32H,17H2,1-8H3,(H,30,31). The normalized spacial score (nSPS) is 14.7. The van der Waals surface area contributed by atoms with Gasteiger partial charge in [-0.15, -0.1) is 0 Å². The van der Waals surface area contributed by atoms with E-state index >= 15 is 0 Å². The number of nitrogens with one attached hydrogen (secondary N) is 3. The minimum absolute atomic E-state index is 0.156. The summed E-state index contributed by atoms with van der Waals surface area (Å²) >= 11 is 0.